The van der Waals surface area contributed by atoms with Gasteiger partial charge in [-0.05, 0) is 48.9 Å². The Morgan fingerprint density at radius 3 is 2.48 bits per heavy atom. The van der Waals surface area contributed by atoms with Crippen LogP contribution in [0.25, 0.3) is 0 Å². The first-order valence-corrected chi connectivity index (χ1v) is 13.3. The zero-order chi connectivity index (χ0) is 30.2. The minimum absolute atomic E-state index is 0.0259. The SMILES string of the molecule is N#Cc1cccc(N2C(=O)CC[C@H]2C(=O)N(c2cc(F)cc(F)c2)[C@H](C(=O)NC2CC(F)(F)C2)c2ncccc2Cl)c1. The number of hydrogen-bond acceptors (Lipinski definition) is 5. The molecule has 0 radical (unpaired) electrons. The van der Waals surface area contributed by atoms with Crippen molar-refractivity contribution < 1.29 is 31.9 Å². The van der Waals surface area contributed by atoms with Crippen molar-refractivity contribution in [2.45, 2.75) is 49.7 Å². The Morgan fingerprint density at radius 2 is 1.83 bits per heavy atom. The summed E-state index contributed by atoms with van der Waals surface area (Å²) in [5.74, 6) is -7.42. The second kappa shape index (κ2) is 11.4. The van der Waals surface area contributed by atoms with Crippen molar-refractivity contribution in [3.8, 4) is 6.07 Å². The summed E-state index contributed by atoms with van der Waals surface area (Å²) in [5.41, 5.74) is -0.113. The zero-order valence-electron chi connectivity index (χ0n) is 21.7. The maximum Gasteiger partial charge on any atom is 0.252 e. The first kappa shape index (κ1) is 29.0. The standard InChI is InChI=1S/C29H22ClF4N5O3/c30-22-5-2-8-36-25(22)26(27(41)37-19-13-29(33,34)14-19)39(21-11-17(31)10-18(32)12-21)28(42)23-6-7-24(40)38(23)20-4-1-3-16(9-20)15-35/h1-5,8-12,19,23,26H,6-7,13-14H2,(H,37,41)/t23-,26-/m0/s1. The number of hydrogen-bond donors (Lipinski definition) is 1. The molecule has 2 fully saturated rings. The summed E-state index contributed by atoms with van der Waals surface area (Å²) < 4.78 is 56.2. The topological polar surface area (TPSA) is 106 Å². The summed E-state index contributed by atoms with van der Waals surface area (Å²) in [6.07, 6.45) is -0.0838. The number of nitrogens with zero attached hydrogens (tertiary/aromatic N) is 4. The van der Waals surface area contributed by atoms with Gasteiger partial charge in [-0.2, -0.15) is 5.26 Å². The second-order valence-corrected chi connectivity index (χ2v) is 10.5. The third-order valence-corrected chi connectivity index (χ3v) is 7.42. The largest absolute Gasteiger partial charge is 0.351 e. The van der Waals surface area contributed by atoms with Crippen LogP contribution >= 0.6 is 11.6 Å². The average molecular weight is 600 g/mol. The van der Waals surface area contributed by atoms with Gasteiger partial charge in [-0.1, -0.05) is 17.7 Å². The van der Waals surface area contributed by atoms with Crippen LogP contribution in [0, 0.1) is 23.0 Å². The minimum Gasteiger partial charge on any atom is -0.351 e. The molecule has 0 spiro atoms. The molecule has 8 nitrogen and oxygen atoms in total. The molecule has 3 amide bonds. The van der Waals surface area contributed by atoms with Crippen LogP contribution in [0.15, 0.2) is 60.8 Å². The molecule has 1 saturated heterocycles. The van der Waals surface area contributed by atoms with Crippen molar-refractivity contribution in [3.63, 3.8) is 0 Å². The summed E-state index contributed by atoms with van der Waals surface area (Å²) in [4.78, 5) is 47.3. The van der Waals surface area contributed by atoms with Crippen molar-refractivity contribution in [1.29, 1.82) is 5.26 Å². The fourth-order valence-corrected chi connectivity index (χ4v) is 5.44. The Kier molecular flexibility index (Phi) is 7.88. The lowest BCUT2D eigenvalue weighted by Gasteiger charge is -2.39. The number of aromatic nitrogens is 1. The third-order valence-electron chi connectivity index (χ3n) is 7.10. The van der Waals surface area contributed by atoms with E-state index < -0.39 is 66.2 Å². The number of carbonyl (C=O) groups is 3. The summed E-state index contributed by atoms with van der Waals surface area (Å²) in [5, 5.41) is 11.7. The predicted octanol–water partition coefficient (Wildman–Crippen LogP) is 5.07. The molecule has 2 aromatic carbocycles. The molecule has 5 rings (SSSR count). The number of nitriles is 1. The van der Waals surface area contributed by atoms with Crippen molar-refractivity contribution in [1.82, 2.24) is 10.3 Å². The summed E-state index contributed by atoms with van der Waals surface area (Å²) in [6.45, 7) is 0. The molecule has 1 N–H and O–H groups in total. The van der Waals surface area contributed by atoms with Gasteiger partial charge in [0.2, 0.25) is 11.8 Å². The lowest BCUT2D eigenvalue weighted by Crippen LogP contribution is -2.56. The van der Waals surface area contributed by atoms with Crippen LogP contribution in [-0.4, -0.2) is 40.7 Å². The number of amides is 3. The van der Waals surface area contributed by atoms with Crippen molar-refractivity contribution in [2.75, 3.05) is 9.80 Å². The zero-order valence-corrected chi connectivity index (χ0v) is 22.5. The van der Waals surface area contributed by atoms with Gasteiger partial charge in [0, 0.05) is 43.3 Å². The van der Waals surface area contributed by atoms with E-state index in [-0.39, 0.29) is 40.5 Å². The van der Waals surface area contributed by atoms with Crippen LogP contribution in [0.2, 0.25) is 5.02 Å². The second-order valence-electron chi connectivity index (χ2n) is 10.1. The van der Waals surface area contributed by atoms with E-state index in [9.17, 15) is 37.2 Å². The number of halogens is 5. The van der Waals surface area contributed by atoms with Gasteiger partial charge >= 0.3 is 0 Å². The molecule has 13 heteroatoms. The molecule has 1 saturated carbocycles. The first-order valence-electron chi connectivity index (χ1n) is 12.9. The highest BCUT2D eigenvalue weighted by Gasteiger charge is 2.49. The highest BCUT2D eigenvalue weighted by Crippen LogP contribution is 2.39. The quantitative estimate of drug-likeness (QED) is 0.382. The Hall–Kier alpha value is -4.50. The fourth-order valence-electron chi connectivity index (χ4n) is 5.22. The third kappa shape index (κ3) is 5.78. The monoisotopic (exact) mass is 599 g/mol. The molecule has 3 aromatic rings. The molecule has 2 heterocycles. The molecule has 1 aliphatic carbocycles. The van der Waals surface area contributed by atoms with Crippen molar-refractivity contribution >= 4 is 40.7 Å². The number of alkyl halides is 2. The lowest BCUT2D eigenvalue weighted by atomic mass is 9.88. The summed E-state index contributed by atoms with van der Waals surface area (Å²) in [6, 6.07) is 9.04. The van der Waals surface area contributed by atoms with Gasteiger partial charge in [-0.25, -0.2) is 17.6 Å². The summed E-state index contributed by atoms with van der Waals surface area (Å²) in [7, 11) is 0. The Labute approximate surface area is 242 Å². The number of carbonyl (C=O) groups excluding carboxylic acids is 3. The highest BCUT2D eigenvalue weighted by atomic mass is 35.5. The molecular weight excluding hydrogens is 578 g/mol. The van der Waals surface area contributed by atoms with E-state index in [1.165, 1.54) is 42.6 Å². The van der Waals surface area contributed by atoms with Crippen LogP contribution in [0.1, 0.15) is 43.0 Å². The first-order chi connectivity index (χ1) is 20.0. The Morgan fingerprint density at radius 1 is 1.12 bits per heavy atom. The highest BCUT2D eigenvalue weighted by molar-refractivity contribution is 6.31. The van der Waals surface area contributed by atoms with Gasteiger partial charge in [-0.3, -0.25) is 29.2 Å². The minimum atomic E-state index is -2.97. The molecule has 2 aliphatic rings. The predicted molar refractivity (Wildman–Crippen MR) is 144 cm³/mol. The maximum atomic E-state index is 14.5. The van der Waals surface area contributed by atoms with Crippen LogP contribution in [0.4, 0.5) is 28.9 Å². The van der Waals surface area contributed by atoms with Gasteiger partial charge in [-0.15, -0.1) is 0 Å². The van der Waals surface area contributed by atoms with Crippen LogP contribution in [-0.2, 0) is 14.4 Å². The Balaban J connectivity index is 1.63. The van der Waals surface area contributed by atoms with Gasteiger partial charge in [0.05, 0.1) is 28.0 Å². The van der Waals surface area contributed by atoms with E-state index >= 15 is 0 Å². The van der Waals surface area contributed by atoms with E-state index in [1.54, 1.807) is 0 Å². The molecular formula is C29H22ClF4N5O3. The number of benzene rings is 2. The normalized spacial score (nSPS) is 18.6. The molecule has 1 aliphatic heterocycles. The van der Waals surface area contributed by atoms with E-state index in [2.05, 4.69) is 10.3 Å². The smallest absolute Gasteiger partial charge is 0.252 e. The number of pyridine rings is 1. The van der Waals surface area contributed by atoms with E-state index in [0.717, 1.165) is 21.9 Å². The summed E-state index contributed by atoms with van der Waals surface area (Å²) >= 11 is 6.39. The molecule has 2 atom stereocenters. The van der Waals surface area contributed by atoms with E-state index in [1.807, 2.05) is 6.07 Å². The molecule has 42 heavy (non-hydrogen) atoms. The average Bonchev–Trinajstić information content (AvgIpc) is 3.31. The van der Waals surface area contributed by atoms with E-state index in [4.69, 9.17) is 11.6 Å². The number of rotatable bonds is 7. The van der Waals surface area contributed by atoms with Gasteiger partial charge < -0.3 is 5.32 Å². The van der Waals surface area contributed by atoms with Crippen LogP contribution < -0.4 is 15.1 Å². The molecule has 0 unspecified atom stereocenters. The fraction of sp³-hybridized carbons (Fsp3) is 0.276. The Bertz CT molecular complexity index is 1590. The van der Waals surface area contributed by atoms with Gasteiger partial charge in [0.25, 0.3) is 11.8 Å². The van der Waals surface area contributed by atoms with Crippen molar-refractivity contribution in [3.05, 3.63) is 88.7 Å². The van der Waals surface area contributed by atoms with E-state index in [0.29, 0.717) is 6.07 Å². The van der Waals surface area contributed by atoms with Gasteiger partial charge in [0.15, 0.2) is 6.04 Å². The number of nitrogens with one attached hydrogen (secondary N) is 1. The lowest BCUT2D eigenvalue weighted by molar-refractivity contribution is -0.133. The van der Waals surface area contributed by atoms with Crippen LogP contribution in [0.5, 0.6) is 0 Å². The van der Waals surface area contributed by atoms with Crippen molar-refractivity contribution in [2.24, 2.45) is 0 Å². The van der Waals surface area contributed by atoms with Gasteiger partial charge in [0.1, 0.15) is 17.7 Å². The van der Waals surface area contributed by atoms with Crippen LogP contribution in [0.3, 0.4) is 0 Å². The maximum absolute atomic E-state index is 14.5. The molecule has 1 aromatic heterocycles. The number of anilines is 2. The molecule has 216 valence electrons. The molecule has 0 bridgehead atoms.